The third kappa shape index (κ3) is 8.23. The normalized spacial score (nSPS) is 21.0. The zero-order valence-corrected chi connectivity index (χ0v) is 36.2. The molecule has 3 aromatic carbocycles. The van der Waals surface area contributed by atoms with Crippen molar-refractivity contribution in [2.75, 3.05) is 60.4 Å². The molecule has 18 heteroatoms. The molecule has 4 saturated heterocycles. The van der Waals surface area contributed by atoms with Gasteiger partial charge in [0.2, 0.25) is 11.7 Å². The maximum atomic E-state index is 15.7. The van der Waals surface area contributed by atoms with Gasteiger partial charge in [0, 0.05) is 97.4 Å². The number of allylic oxidation sites excluding steroid dienone is 1. The lowest BCUT2D eigenvalue weighted by Gasteiger charge is -2.42. The molecule has 3 N–H and O–H groups in total. The molecular weight excluding hydrogens is 862 g/mol. The Hall–Kier alpha value is -6.24. The number of carbonyl (C=O) groups is 3. The number of anilines is 3. The summed E-state index contributed by atoms with van der Waals surface area (Å²) >= 11 is 0. The molecule has 2 aromatic heterocycles. The first-order valence-electron chi connectivity index (χ1n) is 21.9. The molecule has 338 valence electrons. The fourth-order valence-corrected chi connectivity index (χ4v) is 10.8. The highest BCUT2D eigenvalue weighted by Gasteiger charge is 2.39. The standard InChI is InChI=1S/C47H47F3N8O6S/c1-27-2-11-41(46(60)53-27)58-22-31-18-34(7-8-36(31)47(58)61)56-24-35(25-56)64-26-28-12-15-55(16-13-28)33-5-3-29(4-6-33)30-19-37-38(21-52-45(37)51-20-30)44(59)42-39(49)9-10-40(43(42)50)54-65(62,63)57-17-14-32(48)23-57/h3-10,18-21,28,32,35,41,54H,1-2,11-17,22-26H2,(H,51,52)(H,53,60)/t32-,41?/m1/s1. The number of aromatic amines is 1. The van der Waals surface area contributed by atoms with Gasteiger partial charge in [-0.15, -0.1) is 0 Å². The van der Waals surface area contributed by atoms with Gasteiger partial charge in [-0.2, -0.15) is 12.7 Å². The van der Waals surface area contributed by atoms with Gasteiger partial charge in [-0.05, 0) is 97.7 Å². The quantitative estimate of drug-likeness (QED) is 0.122. The van der Waals surface area contributed by atoms with Crippen molar-refractivity contribution >= 4 is 55.9 Å². The molecule has 65 heavy (non-hydrogen) atoms. The molecule has 0 spiro atoms. The number of amides is 2. The molecule has 5 aliphatic rings. The number of ketones is 1. The van der Waals surface area contributed by atoms with Gasteiger partial charge < -0.3 is 29.7 Å². The zero-order chi connectivity index (χ0) is 45.1. The molecule has 0 radical (unpaired) electrons. The van der Waals surface area contributed by atoms with Crippen LogP contribution in [0.1, 0.15) is 63.9 Å². The average molecular weight is 909 g/mol. The summed E-state index contributed by atoms with van der Waals surface area (Å²) in [5.74, 6) is -3.38. The van der Waals surface area contributed by atoms with Crippen molar-refractivity contribution in [3.63, 3.8) is 0 Å². The van der Waals surface area contributed by atoms with Gasteiger partial charge in [0.1, 0.15) is 23.7 Å². The molecule has 2 amide bonds. The Morgan fingerprint density at radius 2 is 1.68 bits per heavy atom. The summed E-state index contributed by atoms with van der Waals surface area (Å²) < 4.78 is 79.4. The van der Waals surface area contributed by atoms with Crippen LogP contribution in [-0.2, 0) is 26.3 Å². The second-order valence-electron chi connectivity index (χ2n) is 17.5. The number of fused-ring (bicyclic) bond motifs is 2. The number of piperidine rings is 2. The highest BCUT2D eigenvalue weighted by Crippen LogP contribution is 2.35. The van der Waals surface area contributed by atoms with Gasteiger partial charge >= 0.3 is 10.2 Å². The van der Waals surface area contributed by atoms with Crippen LogP contribution in [0.5, 0.6) is 0 Å². The Kier molecular flexibility index (Phi) is 11.1. The summed E-state index contributed by atoms with van der Waals surface area (Å²) in [4.78, 5) is 53.1. The number of halogens is 3. The largest absolute Gasteiger partial charge is 0.374 e. The minimum absolute atomic E-state index is 0.00423. The van der Waals surface area contributed by atoms with Crippen molar-refractivity contribution in [3.8, 4) is 11.1 Å². The van der Waals surface area contributed by atoms with E-state index in [0.717, 1.165) is 78.0 Å². The predicted octanol–water partition coefficient (Wildman–Crippen LogP) is 6.31. The van der Waals surface area contributed by atoms with E-state index in [9.17, 15) is 27.2 Å². The molecule has 5 aliphatic heterocycles. The minimum Gasteiger partial charge on any atom is -0.374 e. The monoisotopic (exact) mass is 908 g/mol. The third-order valence-electron chi connectivity index (χ3n) is 13.3. The summed E-state index contributed by atoms with van der Waals surface area (Å²) in [6.07, 6.45) is 4.96. The van der Waals surface area contributed by atoms with E-state index in [4.69, 9.17) is 4.74 Å². The number of alkyl halides is 1. The number of rotatable bonds is 12. The predicted molar refractivity (Wildman–Crippen MR) is 238 cm³/mol. The number of aromatic nitrogens is 2. The van der Waals surface area contributed by atoms with E-state index < -0.39 is 51.1 Å². The van der Waals surface area contributed by atoms with Crippen LogP contribution in [0.15, 0.2) is 85.3 Å². The lowest BCUT2D eigenvalue weighted by molar-refractivity contribution is -0.126. The first-order chi connectivity index (χ1) is 31.3. The molecule has 0 bridgehead atoms. The fraction of sp³-hybridized carbons (Fsp3) is 0.362. The smallest absolute Gasteiger partial charge is 0.301 e. The van der Waals surface area contributed by atoms with Crippen LogP contribution in [-0.4, -0.2) is 109 Å². The number of pyridine rings is 1. The van der Waals surface area contributed by atoms with Gasteiger partial charge in [-0.3, -0.25) is 19.1 Å². The summed E-state index contributed by atoms with van der Waals surface area (Å²) in [5.41, 5.74) is 4.63. The van der Waals surface area contributed by atoms with Gasteiger partial charge in [0.05, 0.1) is 24.0 Å². The van der Waals surface area contributed by atoms with E-state index in [-0.39, 0.29) is 43.0 Å². The zero-order valence-electron chi connectivity index (χ0n) is 35.4. The SMILES string of the molecule is C=C1CCC(N2Cc3cc(N4CC(OCC5CCN(c6ccc(-c7cnc8[nH]cc(C(=O)c9c(F)ccc(NS(=O)(=O)N%10CC[C@@H](F)C%10)c9F)c8c7)cc6)CC5)C4)ccc3C2=O)C(=O)N1. The van der Waals surface area contributed by atoms with Crippen molar-refractivity contribution in [1.82, 2.24) is 24.5 Å². The maximum absolute atomic E-state index is 15.7. The lowest BCUT2D eigenvalue weighted by atomic mass is 9.96. The molecule has 1 unspecified atom stereocenters. The Morgan fingerprint density at radius 1 is 0.908 bits per heavy atom. The van der Waals surface area contributed by atoms with Gasteiger partial charge in [-0.25, -0.2) is 18.2 Å². The Labute approximate surface area is 373 Å². The van der Waals surface area contributed by atoms with E-state index >= 15 is 8.78 Å². The van der Waals surface area contributed by atoms with Crippen molar-refractivity contribution in [2.45, 2.75) is 57.0 Å². The van der Waals surface area contributed by atoms with E-state index in [2.05, 4.69) is 37.7 Å². The lowest BCUT2D eigenvalue weighted by Crippen LogP contribution is -2.53. The summed E-state index contributed by atoms with van der Waals surface area (Å²) in [7, 11) is -4.35. The van der Waals surface area contributed by atoms with Crippen LogP contribution in [0.25, 0.3) is 22.2 Å². The number of benzene rings is 3. The molecule has 2 atom stereocenters. The van der Waals surface area contributed by atoms with Crippen LogP contribution in [0, 0.1) is 17.6 Å². The number of hydrogen-bond donors (Lipinski definition) is 3. The van der Waals surface area contributed by atoms with Crippen molar-refractivity contribution < 1.29 is 40.7 Å². The summed E-state index contributed by atoms with van der Waals surface area (Å²) in [6, 6.07) is 16.9. The minimum atomic E-state index is -4.35. The maximum Gasteiger partial charge on any atom is 0.301 e. The van der Waals surface area contributed by atoms with Crippen molar-refractivity contribution in [1.29, 1.82) is 0 Å². The fourth-order valence-electron chi connectivity index (χ4n) is 9.52. The van der Waals surface area contributed by atoms with E-state index in [1.165, 1.54) is 6.20 Å². The molecule has 4 fully saturated rings. The first kappa shape index (κ1) is 42.7. The second-order valence-corrected chi connectivity index (χ2v) is 19.2. The Balaban J connectivity index is 0.719. The van der Waals surface area contributed by atoms with E-state index in [0.29, 0.717) is 59.8 Å². The molecule has 0 aliphatic carbocycles. The molecule has 14 nitrogen and oxygen atoms in total. The number of hydrogen-bond acceptors (Lipinski definition) is 9. The molecule has 10 rings (SSSR count). The molecular formula is C47H47F3N8O6S. The van der Waals surface area contributed by atoms with E-state index in [1.54, 1.807) is 17.2 Å². The van der Waals surface area contributed by atoms with Gasteiger partial charge in [0.15, 0.2) is 5.82 Å². The van der Waals surface area contributed by atoms with Crippen LogP contribution >= 0.6 is 0 Å². The number of ether oxygens (including phenoxy) is 1. The number of H-pyrrole nitrogens is 1. The highest BCUT2D eigenvalue weighted by molar-refractivity contribution is 7.90. The number of nitrogens with one attached hydrogen (secondary N) is 3. The average Bonchev–Trinajstić information content (AvgIpc) is 4.01. The summed E-state index contributed by atoms with van der Waals surface area (Å²) in [6.45, 7) is 7.78. The molecule has 0 saturated carbocycles. The molecule has 5 aromatic rings. The first-order valence-corrected chi connectivity index (χ1v) is 23.3. The Morgan fingerprint density at radius 3 is 2.42 bits per heavy atom. The van der Waals surface area contributed by atoms with Gasteiger partial charge in [0.25, 0.3) is 5.91 Å². The topological polar surface area (TPSA) is 160 Å². The van der Waals surface area contributed by atoms with Crippen LogP contribution in [0.3, 0.4) is 0 Å². The Bertz CT molecular complexity index is 2840. The van der Waals surface area contributed by atoms with Crippen LogP contribution in [0.4, 0.5) is 30.2 Å². The van der Waals surface area contributed by atoms with Crippen LogP contribution in [0.2, 0.25) is 0 Å². The van der Waals surface area contributed by atoms with E-state index in [1.807, 2.05) is 41.1 Å². The number of carbonyl (C=O) groups excluding carboxylic acids is 3. The highest BCUT2D eigenvalue weighted by atomic mass is 32.2. The van der Waals surface area contributed by atoms with Crippen molar-refractivity contribution in [3.05, 3.63) is 119 Å². The third-order valence-corrected chi connectivity index (χ3v) is 14.8. The number of nitrogens with zero attached hydrogens (tertiary/aromatic N) is 5. The molecule has 7 heterocycles. The van der Waals surface area contributed by atoms with Crippen LogP contribution < -0.4 is 19.8 Å². The van der Waals surface area contributed by atoms with Crippen molar-refractivity contribution in [2.24, 2.45) is 5.92 Å². The van der Waals surface area contributed by atoms with Gasteiger partial charge in [-0.1, -0.05) is 18.7 Å². The second kappa shape index (κ2) is 17.0. The summed E-state index contributed by atoms with van der Waals surface area (Å²) in [5, 5.41) is 3.12.